The second-order valence-electron chi connectivity index (χ2n) is 10.4. The molecule has 8 nitrogen and oxygen atoms in total. The van der Waals surface area contributed by atoms with Crippen molar-refractivity contribution in [1.29, 1.82) is 0 Å². The lowest BCUT2D eigenvalue weighted by Crippen LogP contribution is -2.57. The first kappa shape index (κ1) is 25.5. The van der Waals surface area contributed by atoms with E-state index in [1.165, 1.54) is 4.90 Å². The maximum Gasteiger partial charge on any atom is 0.411 e. The number of nitrogens with one attached hydrogen (secondary N) is 1. The molecule has 0 unspecified atom stereocenters. The molecule has 0 aromatic heterocycles. The first-order valence-electron chi connectivity index (χ1n) is 12.4. The molecule has 1 N–H and O–H groups in total. The first-order valence-corrected chi connectivity index (χ1v) is 12.4. The quantitative estimate of drug-likeness (QED) is 0.687. The molecule has 0 bridgehead atoms. The summed E-state index contributed by atoms with van der Waals surface area (Å²) in [6.07, 6.45) is 1.21. The van der Waals surface area contributed by atoms with Gasteiger partial charge in [-0.25, -0.2) is 4.79 Å². The van der Waals surface area contributed by atoms with Crippen LogP contribution in [0.4, 0.5) is 4.79 Å². The highest BCUT2D eigenvalue weighted by Crippen LogP contribution is 2.29. The van der Waals surface area contributed by atoms with Crippen LogP contribution in [0.1, 0.15) is 50.3 Å². The second kappa shape index (κ2) is 10.6. The van der Waals surface area contributed by atoms with Gasteiger partial charge in [-0.2, -0.15) is 0 Å². The van der Waals surface area contributed by atoms with Crippen molar-refractivity contribution >= 4 is 17.9 Å². The van der Waals surface area contributed by atoms with Crippen LogP contribution >= 0.6 is 0 Å². The zero-order valence-corrected chi connectivity index (χ0v) is 21.5. The molecule has 4 rings (SSSR count). The summed E-state index contributed by atoms with van der Waals surface area (Å²) in [6, 6.07) is 14.0. The highest BCUT2D eigenvalue weighted by Gasteiger charge is 2.43. The van der Waals surface area contributed by atoms with Crippen molar-refractivity contribution in [1.82, 2.24) is 15.1 Å². The van der Waals surface area contributed by atoms with E-state index in [4.69, 9.17) is 9.47 Å². The Kier molecular flexibility index (Phi) is 7.52. The Morgan fingerprint density at radius 3 is 2.33 bits per heavy atom. The zero-order valence-electron chi connectivity index (χ0n) is 21.5. The van der Waals surface area contributed by atoms with Gasteiger partial charge in [0.05, 0.1) is 13.7 Å². The second-order valence-corrected chi connectivity index (χ2v) is 10.4. The molecule has 8 heteroatoms. The van der Waals surface area contributed by atoms with Gasteiger partial charge in [0.15, 0.2) is 0 Å². The van der Waals surface area contributed by atoms with Crippen LogP contribution in [-0.2, 0) is 33.8 Å². The Labute approximate surface area is 212 Å². The normalized spacial score (nSPS) is 19.4. The Morgan fingerprint density at radius 2 is 1.67 bits per heavy atom. The summed E-state index contributed by atoms with van der Waals surface area (Å²) in [5, 5.41) is 2.97. The summed E-state index contributed by atoms with van der Waals surface area (Å²) in [5.41, 5.74) is 2.30. The average Bonchev–Trinajstić information content (AvgIpc) is 3.35. The number of benzene rings is 2. The van der Waals surface area contributed by atoms with Gasteiger partial charge in [0, 0.05) is 19.5 Å². The monoisotopic (exact) mass is 493 g/mol. The molecule has 2 atom stereocenters. The van der Waals surface area contributed by atoms with E-state index < -0.39 is 23.8 Å². The number of amides is 3. The largest absolute Gasteiger partial charge is 0.497 e. The molecule has 1 fully saturated rings. The summed E-state index contributed by atoms with van der Waals surface area (Å²) >= 11 is 0. The minimum absolute atomic E-state index is 0.184. The van der Waals surface area contributed by atoms with Crippen molar-refractivity contribution in [3.63, 3.8) is 0 Å². The molecule has 36 heavy (non-hydrogen) atoms. The van der Waals surface area contributed by atoms with Crippen LogP contribution in [0.15, 0.2) is 48.5 Å². The van der Waals surface area contributed by atoms with Crippen molar-refractivity contribution in [2.45, 2.75) is 70.8 Å². The van der Waals surface area contributed by atoms with E-state index in [1.54, 1.807) is 12.0 Å². The van der Waals surface area contributed by atoms with Crippen molar-refractivity contribution in [3.8, 4) is 5.75 Å². The van der Waals surface area contributed by atoms with E-state index in [0.717, 1.165) is 28.9 Å². The molecule has 0 radical (unpaired) electrons. The summed E-state index contributed by atoms with van der Waals surface area (Å²) in [5.74, 6) is 0.357. The third-order valence-electron chi connectivity index (χ3n) is 6.63. The van der Waals surface area contributed by atoms with Crippen LogP contribution in [0.2, 0.25) is 0 Å². The third-order valence-corrected chi connectivity index (χ3v) is 6.63. The Balaban J connectivity index is 1.49. The van der Waals surface area contributed by atoms with Gasteiger partial charge < -0.3 is 19.7 Å². The Morgan fingerprint density at radius 1 is 0.972 bits per heavy atom. The van der Waals surface area contributed by atoms with E-state index in [0.29, 0.717) is 32.5 Å². The number of hydrogen-bond donors (Lipinski definition) is 1. The maximum absolute atomic E-state index is 13.8. The summed E-state index contributed by atoms with van der Waals surface area (Å²) in [4.78, 5) is 43.2. The smallest absolute Gasteiger partial charge is 0.411 e. The number of nitrogens with zero attached hydrogens (tertiary/aromatic N) is 2. The van der Waals surface area contributed by atoms with E-state index in [2.05, 4.69) is 5.32 Å². The zero-order chi connectivity index (χ0) is 25.9. The maximum atomic E-state index is 13.8. The van der Waals surface area contributed by atoms with Crippen LogP contribution < -0.4 is 10.1 Å². The first-order chi connectivity index (χ1) is 17.2. The lowest BCUT2D eigenvalue weighted by atomic mass is 9.93. The summed E-state index contributed by atoms with van der Waals surface area (Å²) in [6.45, 7) is 6.57. The van der Waals surface area contributed by atoms with E-state index in [1.807, 2.05) is 69.3 Å². The van der Waals surface area contributed by atoms with Crippen LogP contribution in [0.5, 0.6) is 5.75 Å². The molecular weight excluding hydrogens is 458 g/mol. The fourth-order valence-electron chi connectivity index (χ4n) is 4.80. The molecule has 0 spiro atoms. The third kappa shape index (κ3) is 5.80. The van der Waals surface area contributed by atoms with Gasteiger partial charge in [0.1, 0.15) is 23.4 Å². The SMILES string of the molecule is COc1ccc(CNC(=O)[C@@H]2CCCN2C(=O)[C@@H]2Cc3ccccc3CN2C(=O)OC(C)(C)C)cc1. The van der Waals surface area contributed by atoms with Crippen molar-refractivity contribution in [2.24, 2.45) is 0 Å². The summed E-state index contributed by atoms with van der Waals surface area (Å²) in [7, 11) is 1.61. The number of carbonyl (C=O) groups is 3. The highest BCUT2D eigenvalue weighted by atomic mass is 16.6. The predicted octanol–water partition coefficient (Wildman–Crippen LogP) is 3.66. The Hall–Kier alpha value is -3.55. The lowest BCUT2D eigenvalue weighted by Gasteiger charge is -2.39. The van der Waals surface area contributed by atoms with Gasteiger partial charge in [-0.1, -0.05) is 36.4 Å². The molecule has 2 aromatic rings. The topological polar surface area (TPSA) is 88.2 Å². The number of carbonyl (C=O) groups excluding carboxylic acids is 3. The molecule has 3 amide bonds. The fraction of sp³-hybridized carbons (Fsp3) is 0.464. The van der Waals surface area contributed by atoms with Crippen LogP contribution in [-0.4, -0.2) is 59.0 Å². The highest BCUT2D eigenvalue weighted by molar-refractivity contribution is 5.92. The minimum atomic E-state index is -0.718. The van der Waals surface area contributed by atoms with Crippen molar-refractivity contribution < 1.29 is 23.9 Å². The van der Waals surface area contributed by atoms with Gasteiger partial charge in [0.25, 0.3) is 0 Å². The predicted molar refractivity (Wildman–Crippen MR) is 135 cm³/mol. The molecule has 0 aliphatic carbocycles. The standard InChI is InChI=1S/C28H35N3O5/c1-28(2,3)36-27(34)31-18-21-9-6-5-8-20(21)16-24(31)26(33)30-15-7-10-23(30)25(32)29-17-19-11-13-22(35-4)14-12-19/h5-6,8-9,11-14,23-24H,7,10,15-18H2,1-4H3,(H,29,32)/t23-,24-/m0/s1. The minimum Gasteiger partial charge on any atom is -0.497 e. The molecule has 0 saturated carbocycles. The molecule has 192 valence electrons. The molecule has 2 heterocycles. The Bertz CT molecular complexity index is 1110. The fourth-order valence-corrected chi connectivity index (χ4v) is 4.80. The van der Waals surface area contributed by atoms with Crippen LogP contribution in [0, 0.1) is 0 Å². The van der Waals surface area contributed by atoms with E-state index in [9.17, 15) is 14.4 Å². The number of methoxy groups -OCH3 is 1. The molecule has 2 aliphatic rings. The van der Waals surface area contributed by atoms with Crippen molar-refractivity contribution in [2.75, 3.05) is 13.7 Å². The van der Waals surface area contributed by atoms with Gasteiger partial charge in [-0.15, -0.1) is 0 Å². The number of rotatable bonds is 5. The number of fused-ring (bicyclic) bond motifs is 1. The van der Waals surface area contributed by atoms with Gasteiger partial charge in [-0.3, -0.25) is 14.5 Å². The molecule has 2 aliphatic heterocycles. The number of likely N-dealkylation sites (tertiary alicyclic amines) is 1. The summed E-state index contributed by atoms with van der Waals surface area (Å²) < 4.78 is 10.8. The van der Waals surface area contributed by atoms with Gasteiger partial charge >= 0.3 is 6.09 Å². The van der Waals surface area contributed by atoms with Crippen LogP contribution in [0.3, 0.4) is 0 Å². The molecule has 2 aromatic carbocycles. The van der Waals surface area contributed by atoms with Crippen molar-refractivity contribution in [3.05, 3.63) is 65.2 Å². The molecule has 1 saturated heterocycles. The van der Waals surface area contributed by atoms with E-state index >= 15 is 0 Å². The number of hydrogen-bond acceptors (Lipinski definition) is 5. The number of ether oxygens (including phenoxy) is 2. The molecular formula is C28H35N3O5. The lowest BCUT2D eigenvalue weighted by molar-refractivity contribution is -0.143. The van der Waals surface area contributed by atoms with E-state index in [-0.39, 0.29) is 11.8 Å². The van der Waals surface area contributed by atoms with Gasteiger partial charge in [0.2, 0.25) is 11.8 Å². The van der Waals surface area contributed by atoms with Gasteiger partial charge in [-0.05, 0) is 62.4 Å². The average molecular weight is 494 g/mol. The van der Waals surface area contributed by atoms with Crippen LogP contribution in [0.25, 0.3) is 0 Å².